The van der Waals surface area contributed by atoms with E-state index >= 15 is 0 Å². The SMILES string of the molecule is C/C(=C/C(=O)NCC(O)c1ccco1)c1cccc(Cl)c1. The van der Waals surface area contributed by atoms with Crippen molar-refractivity contribution >= 4 is 23.1 Å². The molecule has 0 radical (unpaired) electrons. The number of allylic oxidation sites excluding steroid dienone is 1. The van der Waals surface area contributed by atoms with Gasteiger partial charge in [0.2, 0.25) is 5.91 Å². The predicted octanol–water partition coefficient (Wildman–Crippen LogP) is 3.19. The number of hydrogen-bond acceptors (Lipinski definition) is 3. The van der Waals surface area contributed by atoms with E-state index in [1.807, 2.05) is 19.1 Å². The second-order valence-corrected chi connectivity index (χ2v) is 5.05. The average Bonchev–Trinajstić information content (AvgIpc) is 2.99. The summed E-state index contributed by atoms with van der Waals surface area (Å²) in [6, 6.07) is 10.6. The minimum Gasteiger partial charge on any atom is -0.467 e. The van der Waals surface area contributed by atoms with E-state index in [1.165, 1.54) is 12.3 Å². The van der Waals surface area contributed by atoms with Gasteiger partial charge in [-0.25, -0.2) is 0 Å². The van der Waals surface area contributed by atoms with Gasteiger partial charge in [0.1, 0.15) is 11.9 Å². The van der Waals surface area contributed by atoms with Crippen LogP contribution in [0.1, 0.15) is 24.4 Å². The molecule has 1 aromatic heterocycles. The molecule has 2 N–H and O–H groups in total. The van der Waals surface area contributed by atoms with Gasteiger partial charge in [0.15, 0.2) is 0 Å². The summed E-state index contributed by atoms with van der Waals surface area (Å²) in [5.41, 5.74) is 1.67. The lowest BCUT2D eigenvalue weighted by Crippen LogP contribution is -2.26. The van der Waals surface area contributed by atoms with Gasteiger partial charge in [0.25, 0.3) is 0 Å². The minimum atomic E-state index is -0.858. The Morgan fingerprint density at radius 1 is 1.43 bits per heavy atom. The molecule has 0 aliphatic rings. The third-order valence-electron chi connectivity index (χ3n) is 2.97. The first kappa shape index (κ1) is 15.4. The van der Waals surface area contributed by atoms with E-state index in [9.17, 15) is 9.90 Å². The van der Waals surface area contributed by atoms with Crippen LogP contribution >= 0.6 is 11.6 Å². The van der Waals surface area contributed by atoms with Crippen LogP contribution < -0.4 is 5.32 Å². The van der Waals surface area contributed by atoms with Gasteiger partial charge in [0.05, 0.1) is 12.8 Å². The average molecular weight is 306 g/mol. The maximum atomic E-state index is 11.8. The molecular weight excluding hydrogens is 290 g/mol. The molecule has 1 aromatic carbocycles. The van der Waals surface area contributed by atoms with Gasteiger partial charge < -0.3 is 14.8 Å². The van der Waals surface area contributed by atoms with E-state index in [2.05, 4.69) is 5.32 Å². The van der Waals surface area contributed by atoms with Crippen molar-refractivity contribution in [3.8, 4) is 0 Å². The maximum Gasteiger partial charge on any atom is 0.244 e. The third-order valence-corrected chi connectivity index (χ3v) is 3.20. The number of benzene rings is 1. The first-order valence-corrected chi connectivity index (χ1v) is 6.87. The van der Waals surface area contributed by atoms with Crippen molar-refractivity contribution in [2.24, 2.45) is 0 Å². The number of furan rings is 1. The molecule has 4 nitrogen and oxygen atoms in total. The number of carbonyl (C=O) groups is 1. The Morgan fingerprint density at radius 3 is 2.90 bits per heavy atom. The third kappa shape index (κ3) is 4.48. The highest BCUT2D eigenvalue weighted by molar-refractivity contribution is 6.30. The molecular formula is C16H16ClNO3. The monoisotopic (exact) mass is 305 g/mol. The summed E-state index contributed by atoms with van der Waals surface area (Å²) in [5.74, 6) is 0.143. The van der Waals surface area contributed by atoms with Crippen LogP contribution in [0.5, 0.6) is 0 Å². The fourth-order valence-electron chi connectivity index (χ4n) is 1.84. The molecule has 0 saturated heterocycles. The van der Waals surface area contributed by atoms with Gasteiger partial charge in [-0.2, -0.15) is 0 Å². The Kier molecular flexibility index (Phi) is 5.20. The molecule has 1 amide bonds. The molecule has 0 aliphatic carbocycles. The number of hydrogen-bond donors (Lipinski definition) is 2. The Balaban J connectivity index is 1.93. The fraction of sp³-hybridized carbons (Fsp3) is 0.188. The lowest BCUT2D eigenvalue weighted by molar-refractivity contribution is -0.116. The highest BCUT2D eigenvalue weighted by atomic mass is 35.5. The molecule has 1 unspecified atom stereocenters. The molecule has 0 aliphatic heterocycles. The zero-order valence-electron chi connectivity index (χ0n) is 11.5. The van der Waals surface area contributed by atoms with Crippen LogP contribution in [-0.2, 0) is 4.79 Å². The van der Waals surface area contributed by atoms with Crippen molar-refractivity contribution in [3.63, 3.8) is 0 Å². The number of nitrogens with one attached hydrogen (secondary N) is 1. The Hall–Kier alpha value is -2.04. The second kappa shape index (κ2) is 7.11. The van der Waals surface area contributed by atoms with Crippen LogP contribution in [0.4, 0.5) is 0 Å². The summed E-state index contributed by atoms with van der Waals surface area (Å²) >= 11 is 5.91. The molecule has 5 heteroatoms. The molecule has 2 aromatic rings. The second-order valence-electron chi connectivity index (χ2n) is 4.61. The zero-order chi connectivity index (χ0) is 15.2. The molecule has 0 spiro atoms. The van der Waals surface area contributed by atoms with Crippen LogP contribution in [0.15, 0.2) is 53.2 Å². The molecule has 110 valence electrons. The Morgan fingerprint density at radius 2 is 2.24 bits per heavy atom. The molecule has 21 heavy (non-hydrogen) atoms. The van der Waals surface area contributed by atoms with E-state index in [0.29, 0.717) is 10.8 Å². The van der Waals surface area contributed by atoms with Gasteiger partial charge in [-0.15, -0.1) is 0 Å². The summed E-state index contributed by atoms with van der Waals surface area (Å²) in [5, 5.41) is 13.0. The normalized spacial score (nSPS) is 13.0. The minimum absolute atomic E-state index is 0.0890. The summed E-state index contributed by atoms with van der Waals surface area (Å²) in [7, 11) is 0. The van der Waals surface area contributed by atoms with E-state index in [-0.39, 0.29) is 12.5 Å². The maximum absolute atomic E-state index is 11.8. The van der Waals surface area contributed by atoms with Gasteiger partial charge in [-0.05, 0) is 42.3 Å². The number of aliphatic hydroxyl groups is 1. The number of amides is 1. The van der Waals surface area contributed by atoms with Gasteiger partial charge in [-0.1, -0.05) is 23.7 Å². The van der Waals surface area contributed by atoms with E-state index in [4.69, 9.17) is 16.0 Å². The molecule has 0 saturated carbocycles. The molecule has 0 bridgehead atoms. The zero-order valence-corrected chi connectivity index (χ0v) is 12.3. The number of carbonyl (C=O) groups excluding carboxylic acids is 1. The topological polar surface area (TPSA) is 62.5 Å². The molecule has 1 atom stereocenters. The first-order chi connectivity index (χ1) is 10.1. The number of rotatable bonds is 5. The summed E-state index contributed by atoms with van der Waals surface area (Å²) in [6.45, 7) is 1.92. The van der Waals surface area contributed by atoms with Crippen molar-refractivity contribution in [2.45, 2.75) is 13.0 Å². The van der Waals surface area contributed by atoms with Crippen LogP contribution in [0, 0.1) is 0 Å². The number of halogens is 1. The lowest BCUT2D eigenvalue weighted by atomic mass is 10.1. The van der Waals surface area contributed by atoms with Gasteiger partial charge in [-0.3, -0.25) is 4.79 Å². The van der Waals surface area contributed by atoms with Crippen molar-refractivity contribution in [1.82, 2.24) is 5.32 Å². The quantitative estimate of drug-likeness (QED) is 0.834. The van der Waals surface area contributed by atoms with Crippen LogP contribution in [0.3, 0.4) is 0 Å². The molecule has 2 rings (SSSR count). The Bertz CT molecular complexity index is 635. The van der Waals surface area contributed by atoms with E-state index < -0.39 is 6.10 Å². The summed E-state index contributed by atoms with van der Waals surface area (Å²) in [4.78, 5) is 11.8. The van der Waals surface area contributed by atoms with E-state index in [0.717, 1.165) is 11.1 Å². The molecule has 0 fully saturated rings. The van der Waals surface area contributed by atoms with Crippen LogP contribution in [0.2, 0.25) is 5.02 Å². The smallest absolute Gasteiger partial charge is 0.244 e. The fourth-order valence-corrected chi connectivity index (χ4v) is 2.03. The van der Waals surface area contributed by atoms with Crippen LogP contribution in [0.25, 0.3) is 5.57 Å². The van der Waals surface area contributed by atoms with Crippen molar-refractivity contribution in [3.05, 3.63) is 65.1 Å². The predicted molar refractivity (Wildman–Crippen MR) is 81.8 cm³/mol. The van der Waals surface area contributed by atoms with Crippen molar-refractivity contribution < 1.29 is 14.3 Å². The highest BCUT2D eigenvalue weighted by Crippen LogP contribution is 2.18. The summed E-state index contributed by atoms with van der Waals surface area (Å²) in [6.07, 6.45) is 2.09. The van der Waals surface area contributed by atoms with Gasteiger partial charge in [0, 0.05) is 11.1 Å². The van der Waals surface area contributed by atoms with E-state index in [1.54, 1.807) is 24.3 Å². The Labute approximate surface area is 128 Å². The highest BCUT2D eigenvalue weighted by Gasteiger charge is 2.11. The lowest BCUT2D eigenvalue weighted by Gasteiger charge is -2.08. The van der Waals surface area contributed by atoms with Crippen molar-refractivity contribution in [1.29, 1.82) is 0 Å². The summed E-state index contributed by atoms with van der Waals surface area (Å²) < 4.78 is 5.06. The van der Waals surface area contributed by atoms with Gasteiger partial charge >= 0.3 is 0 Å². The number of aliphatic hydroxyl groups excluding tert-OH is 1. The standard InChI is InChI=1S/C16H16ClNO3/c1-11(12-4-2-5-13(17)9-12)8-16(20)18-10-14(19)15-6-3-7-21-15/h2-9,14,19H,10H2,1H3,(H,18,20)/b11-8-. The largest absolute Gasteiger partial charge is 0.467 e. The molecule has 1 heterocycles. The van der Waals surface area contributed by atoms with Crippen LogP contribution in [-0.4, -0.2) is 17.6 Å². The van der Waals surface area contributed by atoms with Crippen molar-refractivity contribution in [2.75, 3.05) is 6.54 Å². The first-order valence-electron chi connectivity index (χ1n) is 6.50.